The van der Waals surface area contributed by atoms with Gasteiger partial charge in [0.25, 0.3) is 0 Å². The van der Waals surface area contributed by atoms with Gasteiger partial charge in [-0.3, -0.25) is 0 Å². The Kier molecular flexibility index (Phi) is 4.82. The average molecular weight is 311 g/mol. The number of nitrogens with zero attached hydrogens (tertiary/aromatic N) is 1. The summed E-state index contributed by atoms with van der Waals surface area (Å²) in [4.78, 5) is 2.44. The fraction of sp³-hybridized carbons (Fsp3) is 0.600. The maximum Gasteiger partial charge on any atom is 0.0178 e. The number of likely N-dealkylation sites (N-methyl/N-ethyl adjacent to an activating group) is 1. The lowest BCUT2D eigenvalue weighted by molar-refractivity contribution is 0.183. The van der Waals surface area contributed by atoms with Crippen molar-refractivity contribution in [2.45, 2.75) is 32.2 Å². The lowest BCUT2D eigenvalue weighted by Crippen LogP contribution is -2.42. The molecule has 1 aliphatic carbocycles. The highest BCUT2D eigenvalue weighted by molar-refractivity contribution is 9.10. The molecule has 0 radical (unpaired) electrons. The summed E-state index contributed by atoms with van der Waals surface area (Å²) in [6.45, 7) is 4.51. The summed E-state index contributed by atoms with van der Waals surface area (Å²) in [5.74, 6) is 0.827. The van der Waals surface area contributed by atoms with Crippen LogP contribution in [0.2, 0.25) is 0 Å². The number of rotatable bonds is 5. The number of aryl methyl sites for hydroxylation is 1. The first-order valence-electron chi connectivity index (χ1n) is 6.73. The monoisotopic (exact) mass is 310 g/mol. The van der Waals surface area contributed by atoms with Gasteiger partial charge in [0.15, 0.2) is 0 Å². The smallest absolute Gasteiger partial charge is 0.0178 e. The molecule has 0 amide bonds. The SMILES string of the molecule is Cc1ccc(Br)cc1CCN(C)CC1CC(N)C1. The highest BCUT2D eigenvalue weighted by atomic mass is 79.9. The zero-order chi connectivity index (χ0) is 13.1. The van der Waals surface area contributed by atoms with Crippen molar-refractivity contribution in [2.75, 3.05) is 20.1 Å². The second kappa shape index (κ2) is 6.18. The Labute approximate surface area is 119 Å². The van der Waals surface area contributed by atoms with E-state index in [1.807, 2.05) is 0 Å². The number of hydrogen-bond donors (Lipinski definition) is 1. The third-order valence-electron chi connectivity index (χ3n) is 3.92. The lowest BCUT2D eigenvalue weighted by atomic mass is 9.80. The third-order valence-corrected chi connectivity index (χ3v) is 4.41. The molecule has 1 aromatic carbocycles. The predicted molar refractivity (Wildman–Crippen MR) is 80.8 cm³/mol. The maximum atomic E-state index is 5.82. The summed E-state index contributed by atoms with van der Waals surface area (Å²) in [5, 5.41) is 0. The second-order valence-corrected chi connectivity index (χ2v) is 6.60. The van der Waals surface area contributed by atoms with Crippen LogP contribution in [0.3, 0.4) is 0 Å². The van der Waals surface area contributed by atoms with Gasteiger partial charge in [0.2, 0.25) is 0 Å². The number of nitrogens with two attached hydrogens (primary N) is 1. The van der Waals surface area contributed by atoms with E-state index in [9.17, 15) is 0 Å². The first-order chi connectivity index (χ1) is 8.54. The second-order valence-electron chi connectivity index (χ2n) is 5.68. The maximum absolute atomic E-state index is 5.82. The van der Waals surface area contributed by atoms with E-state index in [4.69, 9.17) is 5.73 Å². The molecule has 0 bridgehead atoms. The molecule has 1 aromatic rings. The van der Waals surface area contributed by atoms with Gasteiger partial charge in [0, 0.05) is 23.6 Å². The third kappa shape index (κ3) is 3.81. The summed E-state index contributed by atoms with van der Waals surface area (Å²) in [7, 11) is 2.22. The molecule has 0 aromatic heterocycles. The molecular formula is C15H23BrN2. The van der Waals surface area contributed by atoms with E-state index in [1.54, 1.807) is 0 Å². The molecule has 18 heavy (non-hydrogen) atoms. The minimum absolute atomic E-state index is 0.468. The van der Waals surface area contributed by atoms with E-state index in [-0.39, 0.29) is 0 Å². The Morgan fingerprint density at radius 2 is 2.11 bits per heavy atom. The molecule has 0 spiro atoms. The minimum Gasteiger partial charge on any atom is -0.328 e. The van der Waals surface area contributed by atoms with Gasteiger partial charge in [0.1, 0.15) is 0 Å². The van der Waals surface area contributed by atoms with Crippen molar-refractivity contribution >= 4 is 15.9 Å². The van der Waals surface area contributed by atoms with Gasteiger partial charge in [-0.15, -0.1) is 0 Å². The van der Waals surface area contributed by atoms with Crippen LogP contribution in [0.15, 0.2) is 22.7 Å². The molecule has 0 heterocycles. The van der Waals surface area contributed by atoms with Crippen molar-refractivity contribution in [3.63, 3.8) is 0 Å². The van der Waals surface area contributed by atoms with Gasteiger partial charge >= 0.3 is 0 Å². The van der Waals surface area contributed by atoms with Crippen LogP contribution in [0.1, 0.15) is 24.0 Å². The van der Waals surface area contributed by atoms with Crippen LogP contribution in [0.5, 0.6) is 0 Å². The van der Waals surface area contributed by atoms with E-state index >= 15 is 0 Å². The van der Waals surface area contributed by atoms with Crippen molar-refractivity contribution in [3.05, 3.63) is 33.8 Å². The molecule has 0 saturated heterocycles. The lowest BCUT2D eigenvalue weighted by Gasteiger charge is -2.35. The summed E-state index contributed by atoms with van der Waals surface area (Å²) in [6.07, 6.45) is 3.54. The van der Waals surface area contributed by atoms with Crippen LogP contribution in [-0.2, 0) is 6.42 Å². The highest BCUT2D eigenvalue weighted by Gasteiger charge is 2.26. The van der Waals surface area contributed by atoms with Crippen molar-refractivity contribution in [1.82, 2.24) is 4.90 Å². The van der Waals surface area contributed by atoms with E-state index in [2.05, 4.69) is 53.0 Å². The first kappa shape index (κ1) is 14.0. The van der Waals surface area contributed by atoms with Crippen molar-refractivity contribution < 1.29 is 0 Å². The minimum atomic E-state index is 0.468. The molecule has 0 unspecified atom stereocenters. The molecule has 1 fully saturated rings. The molecule has 0 atom stereocenters. The van der Waals surface area contributed by atoms with Crippen molar-refractivity contribution in [3.8, 4) is 0 Å². The van der Waals surface area contributed by atoms with Gasteiger partial charge in [0.05, 0.1) is 0 Å². The molecule has 2 nitrogen and oxygen atoms in total. The highest BCUT2D eigenvalue weighted by Crippen LogP contribution is 2.26. The van der Waals surface area contributed by atoms with Crippen molar-refractivity contribution in [2.24, 2.45) is 11.7 Å². The zero-order valence-corrected chi connectivity index (χ0v) is 12.9. The van der Waals surface area contributed by atoms with Gasteiger partial charge in [-0.05, 0) is 62.4 Å². The van der Waals surface area contributed by atoms with Crippen LogP contribution >= 0.6 is 15.9 Å². The van der Waals surface area contributed by atoms with Gasteiger partial charge in [-0.25, -0.2) is 0 Å². The Hall–Kier alpha value is -0.380. The van der Waals surface area contributed by atoms with Crippen LogP contribution in [-0.4, -0.2) is 31.1 Å². The molecule has 3 heteroatoms. The Balaban J connectivity index is 1.78. The fourth-order valence-electron chi connectivity index (χ4n) is 2.69. The molecule has 1 aliphatic rings. The van der Waals surface area contributed by atoms with E-state index < -0.39 is 0 Å². The Morgan fingerprint density at radius 1 is 1.39 bits per heavy atom. The summed E-state index contributed by atoms with van der Waals surface area (Å²) >= 11 is 3.54. The van der Waals surface area contributed by atoms with Crippen LogP contribution in [0.4, 0.5) is 0 Å². The van der Waals surface area contributed by atoms with Crippen molar-refractivity contribution in [1.29, 1.82) is 0 Å². The van der Waals surface area contributed by atoms with Gasteiger partial charge in [-0.1, -0.05) is 22.0 Å². The standard InChI is InChI=1S/C15H23BrN2/c1-11-3-4-14(16)9-13(11)5-6-18(2)10-12-7-15(17)8-12/h3-4,9,12,15H,5-8,10,17H2,1-2H3. The normalized spacial score (nSPS) is 23.2. The first-order valence-corrected chi connectivity index (χ1v) is 7.53. The zero-order valence-electron chi connectivity index (χ0n) is 11.3. The molecular weight excluding hydrogens is 288 g/mol. The topological polar surface area (TPSA) is 29.3 Å². The van der Waals surface area contributed by atoms with Gasteiger partial charge in [-0.2, -0.15) is 0 Å². The summed E-state index contributed by atoms with van der Waals surface area (Å²) in [5.41, 5.74) is 8.65. The summed E-state index contributed by atoms with van der Waals surface area (Å²) in [6, 6.07) is 7.00. The largest absolute Gasteiger partial charge is 0.328 e. The molecule has 2 rings (SSSR count). The Morgan fingerprint density at radius 3 is 2.78 bits per heavy atom. The number of benzene rings is 1. The van der Waals surface area contributed by atoms with Crippen LogP contribution in [0.25, 0.3) is 0 Å². The quantitative estimate of drug-likeness (QED) is 0.906. The van der Waals surface area contributed by atoms with E-state index in [1.165, 1.54) is 35.0 Å². The molecule has 0 aliphatic heterocycles. The van der Waals surface area contributed by atoms with E-state index in [0.717, 1.165) is 18.9 Å². The van der Waals surface area contributed by atoms with E-state index in [0.29, 0.717) is 6.04 Å². The fourth-order valence-corrected chi connectivity index (χ4v) is 3.10. The molecule has 100 valence electrons. The Bertz CT molecular complexity index is 399. The van der Waals surface area contributed by atoms with Gasteiger partial charge < -0.3 is 10.6 Å². The molecule has 1 saturated carbocycles. The molecule has 2 N–H and O–H groups in total. The summed E-state index contributed by atoms with van der Waals surface area (Å²) < 4.78 is 1.18. The predicted octanol–water partition coefficient (Wildman–Crippen LogP) is 2.97. The van der Waals surface area contributed by atoms with Crippen LogP contribution < -0.4 is 5.73 Å². The van der Waals surface area contributed by atoms with Crippen LogP contribution in [0, 0.1) is 12.8 Å². The number of halogens is 1. The average Bonchev–Trinajstić information content (AvgIpc) is 2.28. The number of hydrogen-bond acceptors (Lipinski definition) is 2.